The predicted molar refractivity (Wildman–Crippen MR) is 42.3 cm³/mol. The van der Waals surface area contributed by atoms with Crippen LogP contribution in [0.3, 0.4) is 0 Å². The predicted octanol–water partition coefficient (Wildman–Crippen LogP) is 0.343. The molecule has 0 heterocycles. The van der Waals surface area contributed by atoms with Crippen LogP contribution in [-0.2, 0) is 0 Å². The lowest BCUT2D eigenvalue weighted by molar-refractivity contribution is -0.102. The van der Waals surface area contributed by atoms with Gasteiger partial charge < -0.3 is 5.11 Å². The summed E-state index contributed by atoms with van der Waals surface area (Å²) in [7, 11) is 0. The standard InChI is InChI=1S/C7H18N2O/c1-4-7(8,10)9(5-2)6-3/h10H,4-6,8H2,1-3H3. The summed E-state index contributed by atoms with van der Waals surface area (Å²) in [6.45, 7) is 7.42. The van der Waals surface area contributed by atoms with Crippen molar-refractivity contribution in [3.05, 3.63) is 0 Å². The van der Waals surface area contributed by atoms with E-state index < -0.39 is 5.85 Å². The van der Waals surface area contributed by atoms with Gasteiger partial charge in [-0.25, -0.2) is 0 Å². The fourth-order valence-corrected chi connectivity index (χ4v) is 0.995. The van der Waals surface area contributed by atoms with Crippen LogP contribution in [0.15, 0.2) is 0 Å². The van der Waals surface area contributed by atoms with E-state index in [1.807, 2.05) is 25.7 Å². The Morgan fingerprint density at radius 1 is 1.30 bits per heavy atom. The normalized spacial score (nSPS) is 17.4. The van der Waals surface area contributed by atoms with Gasteiger partial charge in [-0.2, -0.15) is 0 Å². The van der Waals surface area contributed by atoms with Crippen LogP contribution >= 0.6 is 0 Å². The smallest absolute Gasteiger partial charge is 0.171 e. The molecule has 0 aliphatic rings. The molecule has 3 N–H and O–H groups in total. The van der Waals surface area contributed by atoms with E-state index in [1.54, 1.807) is 0 Å². The van der Waals surface area contributed by atoms with Gasteiger partial charge in [-0.1, -0.05) is 20.8 Å². The molecule has 0 aromatic rings. The molecule has 0 fully saturated rings. The van der Waals surface area contributed by atoms with E-state index >= 15 is 0 Å². The Morgan fingerprint density at radius 2 is 1.70 bits per heavy atom. The third-order valence-corrected chi connectivity index (χ3v) is 1.83. The van der Waals surface area contributed by atoms with Crippen LogP contribution in [0.2, 0.25) is 0 Å². The maximum absolute atomic E-state index is 9.49. The van der Waals surface area contributed by atoms with E-state index in [0.717, 1.165) is 13.1 Å². The van der Waals surface area contributed by atoms with Gasteiger partial charge in [0.25, 0.3) is 0 Å². The minimum absolute atomic E-state index is 0.564. The SMILES string of the molecule is CCN(CC)C(N)(O)CC. The molecular formula is C7H18N2O. The Morgan fingerprint density at radius 3 is 1.80 bits per heavy atom. The molecule has 0 aliphatic carbocycles. The molecule has 3 nitrogen and oxygen atoms in total. The van der Waals surface area contributed by atoms with Crippen LogP contribution in [0.1, 0.15) is 27.2 Å². The van der Waals surface area contributed by atoms with Gasteiger partial charge in [0.15, 0.2) is 5.85 Å². The molecule has 0 saturated carbocycles. The molecule has 0 aliphatic heterocycles. The molecule has 0 amide bonds. The molecule has 3 heteroatoms. The van der Waals surface area contributed by atoms with E-state index in [9.17, 15) is 5.11 Å². The molecule has 0 aromatic heterocycles. The van der Waals surface area contributed by atoms with Crippen molar-refractivity contribution < 1.29 is 5.11 Å². The topological polar surface area (TPSA) is 49.5 Å². The summed E-state index contributed by atoms with van der Waals surface area (Å²) >= 11 is 0. The summed E-state index contributed by atoms with van der Waals surface area (Å²) in [5, 5.41) is 9.49. The fraction of sp³-hybridized carbons (Fsp3) is 1.00. The summed E-state index contributed by atoms with van der Waals surface area (Å²) in [6, 6.07) is 0. The third kappa shape index (κ3) is 2.25. The quantitative estimate of drug-likeness (QED) is 0.562. The van der Waals surface area contributed by atoms with Gasteiger partial charge in [0.05, 0.1) is 0 Å². The molecule has 1 unspecified atom stereocenters. The molecule has 0 saturated heterocycles. The maximum atomic E-state index is 9.49. The summed E-state index contributed by atoms with van der Waals surface area (Å²) in [5.41, 5.74) is 5.56. The largest absolute Gasteiger partial charge is 0.363 e. The van der Waals surface area contributed by atoms with Crippen molar-refractivity contribution in [3.8, 4) is 0 Å². The molecule has 0 aromatic carbocycles. The van der Waals surface area contributed by atoms with E-state index in [1.165, 1.54) is 0 Å². The number of hydrogen-bond acceptors (Lipinski definition) is 3. The third-order valence-electron chi connectivity index (χ3n) is 1.83. The van der Waals surface area contributed by atoms with Gasteiger partial charge in [0, 0.05) is 6.42 Å². The average Bonchev–Trinajstić information content (AvgIpc) is 1.90. The lowest BCUT2D eigenvalue weighted by atomic mass is 10.3. The first kappa shape index (κ1) is 9.88. The lowest BCUT2D eigenvalue weighted by Crippen LogP contribution is -2.55. The monoisotopic (exact) mass is 146 g/mol. The molecule has 62 valence electrons. The molecule has 0 rings (SSSR count). The lowest BCUT2D eigenvalue weighted by Gasteiger charge is -2.33. The summed E-state index contributed by atoms with van der Waals surface area (Å²) in [4.78, 5) is 1.83. The van der Waals surface area contributed by atoms with Gasteiger partial charge in [0.1, 0.15) is 0 Å². The highest BCUT2D eigenvalue weighted by molar-refractivity contribution is 4.68. The zero-order valence-electron chi connectivity index (χ0n) is 7.09. The van der Waals surface area contributed by atoms with E-state index in [0.29, 0.717) is 6.42 Å². The zero-order valence-corrected chi connectivity index (χ0v) is 7.09. The number of nitrogens with two attached hydrogens (primary N) is 1. The van der Waals surface area contributed by atoms with Crippen molar-refractivity contribution in [3.63, 3.8) is 0 Å². The number of nitrogens with zero attached hydrogens (tertiary/aromatic N) is 1. The molecular weight excluding hydrogens is 128 g/mol. The minimum Gasteiger partial charge on any atom is -0.363 e. The Labute approximate surface area is 62.8 Å². The van der Waals surface area contributed by atoms with Crippen molar-refractivity contribution in [2.75, 3.05) is 13.1 Å². The Bertz CT molecular complexity index is 89.6. The van der Waals surface area contributed by atoms with Crippen molar-refractivity contribution in [1.82, 2.24) is 4.90 Å². The second-order valence-electron chi connectivity index (χ2n) is 2.40. The van der Waals surface area contributed by atoms with E-state index in [-0.39, 0.29) is 0 Å². The van der Waals surface area contributed by atoms with Crippen LogP contribution in [0.5, 0.6) is 0 Å². The van der Waals surface area contributed by atoms with Gasteiger partial charge >= 0.3 is 0 Å². The van der Waals surface area contributed by atoms with Gasteiger partial charge in [-0.05, 0) is 13.1 Å². The van der Waals surface area contributed by atoms with Crippen molar-refractivity contribution >= 4 is 0 Å². The van der Waals surface area contributed by atoms with Gasteiger partial charge in [-0.3, -0.25) is 10.6 Å². The van der Waals surface area contributed by atoms with Crippen molar-refractivity contribution in [2.24, 2.45) is 5.73 Å². The molecule has 0 spiro atoms. The highest BCUT2D eigenvalue weighted by Crippen LogP contribution is 2.07. The van der Waals surface area contributed by atoms with E-state index in [2.05, 4.69) is 0 Å². The van der Waals surface area contributed by atoms with Crippen LogP contribution < -0.4 is 5.73 Å². The molecule has 10 heavy (non-hydrogen) atoms. The van der Waals surface area contributed by atoms with Crippen LogP contribution in [0.25, 0.3) is 0 Å². The summed E-state index contributed by atoms with van der Waals surface area (Å²) in [5.74, 6) is -1.11. The molecule has 1 atom stereocenters. The maximum Gasteiger partial charge on any atom is 0.171 e. The Kier molecular flexibility index (Phi) is 3.86. The van der Waals surface area contributed by atoms with Gasteiger partial charge in [0.2, 0.25) is 0 Å². The highest BCUT2D eigenvalue weighted by atomic mass is 16.3. The zero-order chi connectivity index (χ0) is 8.20. The number of rotatable bonds is 4. The fourth-order valence-electron chi connectivity index (χ4n) is 0.995. The van der Waals surface area contributed by atoms with Crippen LogP contribution in [0, 0.1) is 0 Å². The summed E-state index contributed by atoms with van der Waals surface area (Å²) in [6.07, 6.45) is 0.564. The van der Waals surface area contributed by atoms with E-state index in [4.69, 9.17) is 5.73 Å². The van der Waals surface area contributed by atoms with Crippen LogP contribution in [-0.4, -0.2) is 28.9 Å². The first-order valence-electron chi connectivity index (χ1n) is 3.84. The minimum atomic E-state index is -1.11. The highest BCUT2D eigenvalue weighted by Gasteiger charge is 2.24. The molecule has 0 radical (unpaired) electrons. The van der Waals surface area contributed by atoms with Crippen LogP contribution in [0.4, 0.5) is 0 Å². The Balaban J connectivity index is 3.97. The number of aliphatic hydroxyl groups is 1. The molecule has 0 bridgehead atoms. The number of hydrogen-bond donors (Lipinski definition) is 2. The Hall–Kier alpha value is -0.120. The van der Waals surface area contributed by atoms with Gasteiger partial charge in [-0.15, -0.1) is 0 Å². The van der Waals surface area contributed by atoms with Crippen molar-refractivity contribution in [2.45, 2.75) is 33.0 Å². The van der Waals surface area contributed by atoms with Crippen molar-refractivity contribution in [1.29, 1.82) is 0 Å². The first-order valence-corrected chi connectivity index (χ1v) is 3.84. The first-order chi connectivity index (χ1) is 4.58. The average molecular weight is 146 g/mol. The summed E-state index contributed by atoms with van der Waals surface area (Å²) < 4.78 is 0. The second kappa shape index (κ2) is 3.91. The second-order valence-corrected chi connectivity index (χ2v) is 2.40.